The maximum Gasteiger partial charge on any atom is 0.337 e. The van der Waals surface area contributed by atoms with Crippen molar-refractivity contribution in [2.75, 3.05) is 28.4 Å². The van der Waals surface area contributed by atoms with Crippen LogP contribution in [0, 0.1) is 0 Å². The zero-order valence-corrected chi connectivity index (χ0v) is 15.9. The molecule has 0 saturated heterocycles. The van der Waals surface area contributed by atoms with Crippen molar-refractivity contribution in [3.63, 3.8) is 0 Å². The lowest BCUT2D eigenvalue weighted by Crippen LogP contribution is -2.27. The second kappa shape index (κ2) is 8.20. The lowest BCUT2D eigenvalue weighted by molar-refractivity contribution is 0.0600. The highest BCUT2D eigenvalue weighted by molar-refractivity contribution is 7.89. The molecule has 0 atom stereocenters. The van der Waals surface area contributed by atoms with E-state index in [0.29, 0.717) is 17.1 Å². The van der Waals surface area contributed by atoms with E-state index in [2.05, 4.69) is 4.74 Å². The standard InChI is InChI=1S/C18H21NO6S/c1-19(12-14-10-15(23-2)8-9-17(14)24-3)26(21,22)16-7-5-6-13(11-16)18(20)25-4/h5-11H,12H2,1-4H3. The number of ether oxygens (including phenoxy) is 3. The smallest absolute Gasteiger partial charge is 0.337 e. The maximum absolute atomic E-state index is 12.9. The van der Waals surface area contributed by atoms with E-state index >= 15 is 0 Å². The molecule has 0 radical (unpaired) electrons. The van der Waals surface area contributed by atoms with Gasteiger partial charge in [-0.15, -0.1) is 0 Å². The van der Waals surface area contributed by atoms with Crippen molar-refractivity contribution in [3.05, 3.63) is 53.6 Å². The van der Waals surface area contributed by atoms with Crippen LogP contribution < -0.4 is 9.47 Å². The van der Waals surface area contributed by atoms with Crippen molar-refractivity contribution in [3.8, 4) is 11.5 Å². The first-order valence-electron chi connectivity index (χ1n) is 7.69. The molecule has 7 nitrogen and oxygen atoms in total. The molecule has 26 heavy (non-hydrogen) atoms. The maximum atomic E-state index is 12.9. The molecule has 0 N–H and O–H groups in total. The van der Waals surface area contributed by atoms with Crippen molar-refractivity contribution in [1.29, 1.82) is 0 Å². The first-order chi connectivity index (χ1) is 12.3. The largest absolute Gasteiger partial charge is 0.497 e. The van der Waals surface area contributed by atoms with Crippen molar-refractivity contribution in [1.82, 2.24) is 4.31 Å². The number of benzene rings is 2. The fourth-order valence-electron chi connectivity index (χ4n) is 2.41. The summed E-state index contributed by atoms with van der Waals surface area (Å²) in [6.07, 6.45) is 0. The zero-order valence-electron chi connectivity index (χ0n) is 15.1. The summed E-state index contributed by atoms with van der Waals surface area (Å²) in [5.41, 5.74) is 0.822. The highest BCUT2D eigenvalue weighted by Gasteiger charge is 2.23. The number of esters is 1. The molecule has 0 fully saturated rings. The average Bonchev–Trinajstić information content (AvgIpc) is 2.67. The van der Waals surface area contributed by atoms with Crippen LogP contribution in [0.15, 0.2) is 47.4 Å². The minimum atomic E-state index is -3.82. The van der Waals surface area contributed by atoms with Crippen LogP contribution in [0.4, 0.5) is 0 Å². The molecule has 2 rings (SSSR count). The van der Waals surface area contributed by atoms with E-state index in [0.717, 1.165) is 0 Å². The lowest BCUT2D eigenvalue weighted by Gasteiger charge is -2.19. The molecule has 0 bridgehead atoms. The number of rotatable bonds is 7. The summed E-state index contributed by atoms with van der Waals surface area (Å²) in [5.74, 6) is 0.551. The van der Waals surface area contributed by atoms with E-state index in [4.69, 9.17) is 9.47 Å². The summed E-state index contributed by atoms with van der Waals surface area (Å²) >= 11 is 0. The predicted molar refractivity (Wildman–Crippen MR) is 96.0 cm³/mol. The van der Waals surface area contributed by atoms with Crippen molar-refractivity contribution >= 4 is 16.0 Å². The number of carbonyl (C=O) groups excluding carboxylic acids is 1. The summed E-state index contributed by atoms with van der Waals surface area (Å²) in [6, 6.07) is 10.9. The van der Waals surface area contributed by atoms with Gasteiger partial charge in [-0.3, -0.25) is 0 Å². The van der Waals surface area contributed by atoms with E-state index < -0.39 is 16.0 Å². The third-order valence-electron chi connectivity index (χ3n) is 3.84. The van der Waals surface area contributed by atoms with Crippen LogP contribution in [-0.2, 0) is 21.3 Å². The van der Waals surface area contributed by atoms with E-state index in [-0.39, 0.29) is 17.0 Å². The number of nitrogens with zero attached hydrogens (tertiary/aromatic N) is 1. The third-order valence-corrected chi connectivity index (χ3v) is 5.64. The molecule has 0 amide bonds. The van der Waals surface area contributed by atoms with Gasteiger partial charge < -0.3 is 14.2 Å². The predicted octanol–water partition coefficient (Wildman–Crippen LogP) is 2.31. The van der Waals surface area contributed by atoms with Gasteiger partial charge in [-0.05, 0) is 36.4 Å². The normalized spacial score (nSPS) is 11.3. The molecular weight excluding hydrogens is 358 g/mol. The molecule has 2 aromatic carbocycles. The molecule has 0 aliphatic heterocycles. The van der Waals surface area contributed by atoms with Crippen LogP contribution in [0.1, 0.15) is 15.9 Å². The Labute approximate surface area is 153 Å². The average molecular weight is 379 g/mol. The Morgan fingerprint density at radius 2 is 1.77 bits per heavy atom. The highest BCUT2D eigenvalue weighted by atomic mass is 32.2. The first-order valence-corrected chi connectivity index (χ1v) is 9.13. The number of methoxy groups -OCH3 is 3. The Balaban J connectivity index is 2.34. The molecule has 2 aromatic rings. The van der Waals surface area contributed by atoms with Crippen LogP contribution in [0.5, 0.6) is 11.5 Å². The van der Waals surface area contributed by atoms with Gasteiger partial charge in [-0.1, -0.05) is 6.07 Å². The molecule has 0 saturated carbocycles. The van der Waals surface area contributed by atoms with Gasteiger partial charge in [0.25, 0.3) is 0 Å². The van der Waals surface area contributed by atoms with Gasteiger partial charge >= 0.3 is 5.97 Å². The van der Waals surface area contributed by atoms with Crippen LogP contribution in [-0.4, -0.2) is 47.1 Å². The SMILES string of the molecule is COC(=O)c1cccc(S(=O)(=O)N(C)Cc2cc(OC)ccc2OC)c1. The number of sulfonamides is 1. The first kappa shape index (κ1) is 19.7. The quantitative estimate of drug-likeness (QED) is 0.687. The van der Waals surface area contributed by atoms with Gasteiger partial charge in [-0.2, -0.15) is 4.31 Å². The molecule has 0 unspecified atom stereocenters. The number of hydrogen-bond acceptors (Lipinski definition) is 6. The van der Waals surface area contributed by atoms with Crippen LogP contribution in [0.25, 0.3) is 0 Å². The summed E-state index contributed by atoms with van der Waals surface area (Å²) in [4.78, 5) is 11.7. The van der Waals surface area contributed by atoms with Crippen molar-refractivity contribution in [2.24, 2.45) is 0 Å². The fraction of sp³-hybridized carbons (Fsp3) is 0.278. The van der Waals surface area contributed by atoms with Crippen LogP contribution in [0.3, 0.4) is 0 Å². The Kier molecular flexibility index (Phi) is 6.23. The minimum absolute atomic E-state index is 0.00441. The van der Waals surface area contributed by atoms with Gasteiger partial charge in [0, 0.05) is 19.2 Å². The topological polar surface area (TPSA) is 82.1 Å². The fourth-order valence-corrected chi connectivity index (χ4v) is 3.61. The second-order valence-electron chi connectivity index (χ2n) is 5.46. The number of carbonyl (C=O) groups is 1. The van der Waals surface area contributed by atoms with Gasteiger partial charge in [0.05, 0.1) is 31.8 Å². The van der Waals surface area contributed by atoms with Gasteiger partial charge in [-0.25, -0.2) is 13.2 Å². The molecule has 0 heterocycles. The molecular formula is C18H21NO6S. The summed E-state index contributed by atoms with van der Waals surface area (Å²) in [7, 11) is 1.93. The Bertz CT molecular complexity index is 894. The van der Waals surface area contributed by atoms with Crippen molar-refractivity contribution < 1.29 is 27.4 Å². The highest BCUT2D eigenvalue weighted by Crippen LogP contribution is 2.27. The lowest BCUT2D eigenvalue weighted by atomic mass is 10.2. The Morgan fingerprint density at radius 3 is 2.38 bits per heavy atom. The van der Waals surface area contributed by atoms with Gasteiger partial charge in [0.1, 0.15) is 11.5 Å². The molecule has 140 valence electrons. The van der Waals surface area contributed by atoms with Crippen LogP contribution in [0.2, 0.25) is 0 Å². The minimum Gasteiger partial charge on any atom is -0.497 e. The Morgan fingerprint density at radius 1 is 1.04 bits per heavy atom. The second-order valence-corrected chi connectivity index (χ2v) is 7.50. The molecule has 0 spiro atoms. The molecule has 0 aliphatic rings. The summed E-state index contributed by atoms with van der Waals surface area (Å²) in [6.45, 7) is 0.0746. The molecule has 0 aromatic heterocycles. The van der Waals surface area contributed by atoms with E-state index in [9.17, 15) is 13.2 Å². The van der Waals surface area contributed by atoms with E-state index in [1.54, 1.807) is 18.2 Å². The van der Waals surface area contributed by atoms with Crippen molar-refractivity contribution in [2.45, 2.75) is 11.4 Å². The molecule has 0 aliphatic carbocycles. The number of hydrogen-bond donors (Lipinski definition) is 0. The third kappa shape index (κ3) is 4.14. The Hall–Kier alpha value is -2.58. The van der Waals surface area contributed by atoms with Crippen LogP contribution >= 0.6 is 0 Å². The van der Waals surface area contributed by atoms with Gasteiger partial charge in [0.2, 0.25) is 10.0 Å². The zero-order chi connectivity index (χ0) is 19.3. The summed E-state index contributed by atoms with van der Waals surface area (Å²) < 4.78 is 42.0. The monoisotopic (exact) mass is 379 g/mol. The van der Waals surface area contributed by atoms with E-state index in [1.165, 1.54) is 56.9 Å². The summed E-state index contributed by atoms with van der Waals surface area (Å²) in [5, 5.41) is 0. The van der Waals surface area contributed by atoms with E-state index in [1.807, 2.05) is 0 Å². The van der Waals surface area contributed by atoms with Gasteiger partial charge in [0.15, 0.2) is 0 Å². The molecule has 8 heteroatoms.